The Hall–Kier alpha value is -3.32. The third-order valence-electron chi connectivity index (χ3n) is 5.94. The van der Waals surface area contributed by atoms with Crippen molar-refractivity contribution in [2.75, 3.05) is 18.0 Å². The van der Waals surface area contributed by atoms with Crippen LogP contribution in [0.25, 0.3) is 5.65 Å². The smallest absolute Gasteiger partial charge is 0.136 e. The molecule has 0 atom stereocenters. The molecule has 1 aliphatic rings. The van der Waals surface area contributed by atoms with Crippen molar-refractivity contribution in [3.05, 3.63) is 83.0 Å². The average molecular weight is 429 g/mol. The SMILES string of the molecule is Cc1cc(C)nc(Cc2nc(Cc3ccn4ccnc4c3)cc(N3CCC(O)CC3)n2)c1. The summed E-state index contributed by atoms with van der Waals surface area (Å²) >= 11 is 0. The highest BCUT2D eigenvalue weighted by Crippen LogP contribution is 2.22. The summed E-state index contributed by atoms with van der Waals surface area (Å²) in [7, 11) is 0. The van der Waals surface area contributed by atoms with E-state index < -0.39 is 0 Å². The summed E-state index contributed by atoms with van der Waals surface area (Å²) in [5, 5.41) is 9.92. The molecule has 0 aromatic carbocycles. The fourth-order valence-corrected chi connectivity index (χ4v) is 4.41. The zero-order valence-corrected chi connectivity index (χ0v) is 18.6. The van der Waals surface area contributed by atoms with Crippen LogP contribution in [-0.4, -0.2) is 48.6 Å². The fourth-order valence-electron chi connectivity index (χ4n) is 4.41. The van der Waals surface area contributed by atoms with E-state index in [0.717, 1.165) is 65.9 Å². The first kappa shape index (κ1) is 20.6. The first-order valence-electron chi connectivity index (χ1n) is 11.2. The third-order valence-corrected chi connectivity index (χ3v) is 5.94. The Labute approximate surface area is 187 Å². The summed E-state index contributed by atoms with van der Waals surface area (Å²) in [6.45, 7) is 5.72. The average Bonchev–Trinajstić information content (AvgIpc) is 3.21. The molecule has 0 aliphatic carbocycles. The normalized spacial score (nSPS) is 14.9. The first-order valence-corrected chi connectivity index (χ1v) is 11.2. The van der Waals surface area contributed by atoms with Crippen LogP contribution >= 0.6 is 0 Å². The van der Waals surface area contributed by atoms with Gasteiger partial charge in [0.25, 0.3) is 0 Å². The van der Waals surface area contributed by atoms with E-state index in [1.807, 2.05) is 29.9 Å². The van der Waals surface area contributed by atoms with Crippen molar-refractivity contribution in [2.24, 2.45) is 0 Å². The minimum absolute atomic E-state index is 0.215. The van der Waals surface area contributed by atoms with E-state index in [9.17, 15) is 5.11 Å². The number of pyridine rings is 2. The lowest BCUT2D eigenvalue weighted by molar-refractivity contribution is 0.145. The second-order valence-electron chi connectivity index (χ2n) is 8.71. The van der Waals surface area contributed by atoms with Crippen LogP contribution in [0, 0.1) is 13.8 Å². The van der Waals surface area contributed by atoms with Crippen LogP contribution in [0.15, 0.2) is 48.9 Å². The van der Waals surface area contributed by atoms with Crippen molar-refractivity contribution in [3.8, 4) is 0 Å². The number of rotatable bonds is 5. The Morgan fingerprint density at radius 3 is 2.56 bits per heavy atom. The van der Waals surface area contributed by atoms with Crippen LogP contribution in [-0.2, 0) is 12.8 Å². The summed E-state index contributed by atoms with van der Waals surface area (Å²) in [5.74, 6) is 1.71. The molecule has 32 heavy (non-hydrogen) atoms. The van der Waals surface area contributed by atoms with Crippen molar-refractivity contribution >= 4 is 11.5 Å². The van der Waals surface area contributed by atoms with E-state index in [1.54, 1.807) is 0 Å². The highest BCUT2D eigenvalue weighted by atomic mass is 16.3. The number of hydrogen-bond acceptors (Lipinski definition) is 6. The molecule has 5 heterocycles. The molecule has 7 heteroatoms. The Bertz CT molecular complexity index is 1220. The fraction of sp³-hybridized carbons (Fsp3) is 0.360. The number of aliphatic hydroxyl groups excluding tert-OH is 1. The number of aromatic nitrogens is 5. The Kier molecular flexibility index (Phi) is 5.57. The van der Waals surface area contributed by atoms with Gasteiger partial charge in [-0.1, -0.05) is 0 Å². The van der Waals surface area contributed by atoms with Crippen LogP contribution in [0.1, 0.15) is 46.9 Å². The van der Waals surface area contributed by atoms with Crippen molar-refractivity contribution in [2.45, 2.75) is 45.6 Å². The number of piperidine rings is 1. The van der Waals surface area contributed by atoms with Gasteiger partial charge in [-0.2, -0.15) is 0 Å². The van der Waals surface area contributed by atoms with Gasteiger partial charge in [0.1, 0.15) is 17.3 Å². The van der Waals surface area contributed by atoms with Gasteiger partial charge in [0.2, 0.25) is 0 Å². The predicted octanol–water partition coefficient (Wildman–Crippen LogP) is 3.28. The van der Waals surface area contributed by atoms with Gasteiger partial charge in [-0.15, -0.1) is 0 Å². The largest absolute Gasteiger partial charge is 0.393 e. The minimum Gasteiger partial charge on any atom is -0.393 e. The molecule has 4 aromatic heterocycles. The van der Waals surface area contributed by atoms with Gasteiger partial charge in [-0.05, 0) is 62.1 Å². The van der Waals surface area contributed by atoms with Gasteiger partial charge >= 0.3 is 0 Å². The Morgan fingerprint density at radius 1 is 0.938 bits per heavy atom. The van der Waals surface area contributed by atoms with Gasteiger partial charge in [-0.25, -0.2) is 15.0 Å². The Balaban J connectivity index is 1.47. The molecule has 0 saturated carbocycles. The Morgan fingerprint density at radius 2 is 1.75 bits per heavy atom. The van der Waals surface area contributed by atoms with Crippen LogP contribution < -0.4 is 4.90 Å². The molecule has 5 rings (SSSR count). The molecule has 0 spiro atoms. The molecule has 0 radical (unpaired) electrons. The topological polar surface area (TPSA) is 79.4 Å². The van der Waals surface area contributed by atoms with Gasteiger partial charge in [-0.3, -0.25) is 4.98 Å². The van der Waals surface area contributed by atoms with Gasteiger partial charge in [0.15, 0.2) is 0 Å². The summed E-state index contributed by atoms with van der Waals surface area (Å²) in [4.78, 5) is 21.1. The lowest BCUT2D eigenvalue weighted by Gasteiger charge is -2.31. The highest BCUT2D eigenvalue weighted by molar-refractivity contribution is 5.45. The number of aliphatic hydroxyl groups is 1. The van der Waals surface area contributed by atoms with Gasteiger partial charge in [0, 0.05) is 55.6 Å². The van der Waals surface area contributed by atoms with Crippen molar-refractivity contribution in [3.63, 3.8) is 0 Å². The van der Waals surface area contributed by atoms with E-state index in [1.165, 1.54) is 5.56 Å². The zero-order valence-electron chi connectivity index (χ0n) is 18.6. The highest BCUT2D eigenvalue weighted by Gasteiger charge is 2.20. The number of imidazole rings is 1. The summed E-state index contributed by atoms with van der Waals surface area (Å²) in [6.07, 6.45) is 8.41. The lowest BCUT2D eigenvalue weighted by Crippen LogP contribution is -2.36. The maximum Gasteiger partial charge on any atom is 0.136 e. The summed E-state index contributed by atoms with van der Waals surface area (Å²) in [6, 6.07) is 10.5. The second kappa shape index (κ2) is 8.67. The maximum absolute atomic E-state index is 9.92. The molecule has 0 bridgehead atoms. The third kappa shape index (κ3) is 4.62. The van der Waals surface area contributed by atoms with Crippen LogP contribution in [0.2, 0.25) is 0 Å². The van der Waals surface area contributed by atoms with Crippen molar-refractivity contribution in [1.29, 1.82) is 0 Å². The summed E-state index contributed by atoms with van der Waals surface area (Å²) in [5.41, 5.74) is 6.27. The summed E-state index contributed by atoms with van der Waals surface area (Å²) < 4.78 is 2.01. The molecule has 7 nitrogen and oxygen atoms in total. The van der Waals surface area contributed by atoms with Gasteiger partial charge < -0.3 is 14.4 Å². The van der Waals surface area contributed by atoms with E-state index in [0.29, 0.717) is 12.8 Å². The molecule has 4 aromatic rings. The molecular formula is C25H28N6O. The molecule has 0 unspecified atom stereocenters. The standard InChI is InChI=1S/C25H28N6O/c1-17-11-18(2)27-20(12-17)15-23-28-21(13-19-3-7-31-10-6-26-24(31)14-19)16-25(29-23)30-8-4-22(32)5-9-30/h3,6-7,10-12,14,16,22,32H,4-5,8-9,13,15H2,1-2H3. The zero-order chi connectivity index (χ0) is 22.1. The van der Waals surface area contributed by atoms with Gasteiger partial charge in [0.05, 0.1) is 18.2 Å². The molecule has 1 N–H and O–H groups in total. The second-order valence-corrected chi connectivity index (χ2v) is 8.71. The van der Waals surface area contributed by atoms with Crippen molar-refractivity contribution in [1.82, 2.24) is 24.3 Å². The minimum atomic E-state index is -0.215. The van der Waals surface area contributed by atoms with E-state index in [-0.39, 0.29) is 6.10 Å². The molecule has 1 aliphatic heterocycles. The molecule has 0 amide bonds. The van der Waals surface area contributed by atoms with Crippen LogP contribution in [0.5, 0.6) is 0 Å². The molecule has 164 valence electrons. The number of aryl methyl sites for hydroxylation is 2. The van der Waals surface area contributed by atoms with E-state index >= 15 is 0 Å². The molecule has 1 saturated heterocycles. The number of fused-ring (bicyclic) bond motifs is 1. The first-order chi connectivity index (χ1) is 15.5. The number of anilines is 1. The number of hydrogen-bond donors (Lipinski definition) is 1. The van der Waals surface area contributed by atoms with E-state index in [4.69, 9.17) is 9.97 Å². The molecule has 1 fully saturated rings. The quantitative estimate of drug-likeness (QED) is 0.526. The number of nitrogens with zero attached hydrogens (tertiary/aromatic N) is 6. The maximum atomic E-state index is 9.92. The monoisotopic (exact) mass is 428 g/mol. The van der Waals surface area contributed by atoms with Crippen molar-refractivity contribution < 1.29 is 5.11 Å². The lowest BCUT2D eigenvalue weighted by atomic mass is 10.1. The van der Waals surface area contributed by atoms with Crippen LogP contribution in [0.4, 0.5) is 5.82 Å². The van der Waals surface area contributed by atoms with E-state index in [2.05, 4.69) is 52.1 Å². The predicted molar refractivity (Wildman–Crippen MR) is 124 cm³/mol. The molecular weight excluding hydrogens is 400 g/mol. The van der Waals surface area contributed by atoms with Crippen LogP contribution in [0.3, 0.4) is 0 Å².